The summed E-state index contributed by atoms with van der Waals surface area (Å²) >= 11 is 5.96. The predicted molar refractivity (Wildman–Crippen MR) is 117 cm³/mol. The van der Waals surface area contributed by atoms with Crippen molar-refractivity contribution in [1.82, 2.24) is 24.6 Å². The summed E-state index contributed by atoms with van der Waals surface area (Å²) in [5, 5.41) is 4.95. The SMILES string of the molecule is Cc1ccc(-n2cccn2)c(C(=O)N2CCC[C@@H](C)[C@H]2CCc2ccc(Cl)cn2)n1. The quantitative estimate of drug-likeness (QED) is 0.606. The summed E-state index contributed by atoms with van der Waals surface area (Å²) in [6, 6.07) is 9.65. The fourth-order valence-electron chi connectivity index (χ4n) is 4.23. The second kappa shape index (κ2) is 8.96. The summed E-state index contributed by atoms with van der Waals surface area (Å²) in [4.78, 5) is 24.7. The third-order valence-electron chi connectivity index (χ3n) is 5.83. The summed E-state index contributed by atoms with van der Waals surface area (Å²) < 4.78 is 1.71. The van der Waals surface area contributed by atoms with Gasteiger partial charge in [-0.2, -0.15) is 5.10 Å². The fraction of sp³-hybridized carbons (Fsp3) is 0.391. The van der Waals surface area contributed by atoms with Gasteiger partial charge >= 0.3 is 0 Å². The molecule has 0 unspecified atom stereocenters. The van der Waals surface area contributed by atoms with Crippen LogP contribution in [0.3, 0.4) is 0 Å². The molecule has 1 aliphatic heterocycles. The first kappa shape index (κ1) is 20.5. The molecule has 156 valence electrons. The molecule has 0 bridgehead atoms. The van der Waals surface area contributed by atoms with Crippen LogP contribution >= 0.6 is 11.6 Å². The van der Waals surface area contributed by atoms with Gasteiger partial charge in [0.25, 0.3) is 5.91 Å². The molecule has 1 aliphatic rings. The average molecular weight is 424 g/mol. The number of pyridine rings is 2. The van der Waals surface area contributed by atoms with Gasteiger partial charge in [0, 0.05) is 42.6 Å². The smallest absolute Gasteiger partial charge is 0.274 e. The van der Waals surface area contributed by atoms with Gasteiger partial charge in [0.1, 0.15) is 0 Å². The normalized spacial score (nSPS) is 19.1. The van der Waals surface area contributed by atoms with E-state index >= 15 is 0 Å². The molecule has 0 radical (unpaired) electrons. The lowest BCUT2D eigenvalue weighted by Crippen LogP contribution is -2.48. The third-order valence-corrected chi connectivity index (χ3v) is 6.05. The Balaban J connectivity index is 1.60. The Kier molecular flexibility index (Phi) is 6.13. The molecule has 30 heavy (non-hydrogen) atoms. The zero-order chi connectivity index (χ0) is 21.1. The van der Waals surface area contributed by atoms with E-state index in [1.807, 2.05) is 48.4 Å². The lowest BCUT2D eigenvalue weighted by atomic mass is 9.87. The van der Waals surface area contributed by atoms with E-state index in [-0.39, 0.29) is 11.9 Å². The van der Waals surface area contributed by atoms with Gasteiger partial charge in [-0.3, -0.25) is 9.78 Å². The number of hydrogen-bond donors (Lipinski definition) is 0. The van der Waals surface area contributed by atoms with Gasteiger partial charge in [-0.1, -0.05) is 18.5 Å². The Morgan fingerprint density at radius 1 is 1.27 bits per heavy atom. The van der Waals surface area contributed by atoms with Crippen LogP contribution in [0.25, 0.3) is 5.69 Å². The van der Waals surface area contributed by atoms with Crippen LogP contribution in [0.2, 0.25) is 5.02 Å². The number of rotatable bonds is 5. The second-order valence-electron chi connectivity index (χ2n) is 7.96. The highest BCUT2D eigenvalue weighted by molar-refractivity contribution is 6.30. The minimum atomic E-state index is -0.0233. The maximum atomic E-state index is 13.7. The highest BCUT2D eigenvalue weighted by Gasteiger charge is 2.34. The van der Waals surface area contributed by atoms with Crippen molar-refractivity contribution in [2.75, 3.05) is 6.54 Å². The molecule has 7 heteroatoms. The van der Waals surface area contributed by atoms with Crippen molar-refractivity contribution in [3.05, 3.63) is 71.0 Å². The Hall–Kier alpha value is -2.73. The maximum absolute atomic E-state index is 13.7. The van der Waals surface area contributed by atoms with E-state index in [4.69, 9.17) is 11.6 Å². The van der Waals surface area contributed by atoms with Crippen LogP contribution in [0.15, 0.2) is 48.9 Å². The largest absolute Gasteiger partial charge is 0.334 e. The van der Waals surface area contributed by atoms with Crippen molar-refractivity contribution < 1.29 is 4.79 Å². The number of piperidine rings is 1. The van der Waals surface area contributed by atoms with Crippen LogP contribution in [0, 0.1) is 12.8 Å². The summed E-state index contributed by atoms with van der Waals surface area (Å²) in [5.41, 5.74) is 2.99. The fourth-order valence-corrected chi connectivity index (χ4v) is 4.34. The molecule has 4 heterocycles. The molecule has 4 rings (SSSR count). The summed E-state index contributed by atoms with van der Waals surface area (Å²) in [6.45, 7) is 4.89. The van der Waals surface area contributed by atoms with Crippen LogP contribution in [-0.4, -0.2) is 43.1 Å². The van der Waals surface area contributed by atoms with E-state index in [1.54, 1.807) is 17.1 Å². The maximum Gasteiger partial charge on any atom is 0.274 e. The number of nitrogens with zero attached hydrogens (tertiary/aromatic N) is 5. The van der Waals surface area contributed by atoms with Crippen LogP contribution in [0.4, 0.5) is 0 Å². The lowest BCUT2D eigenvalue weighted by Gasteiger charge is -2.40. The van der Waals surface area contributed by atoms with Crippen molar-refractivity contribution >= 4 is 17.5 Å². The molecule has 6 nitrogen and oxygen atoms in total. The zero-order valence-corrected chi connectivity index (χ0v) is 18.1. The van der Waals surface area contributed by atoms with Crippen molar-refractivity contribution in [2.45, 2.75) is 45.6 Å². The molecule has 0 aliphatic carbocycles. The second-order valence-corrected chi connectivity index (χ2v) is 8.40. The van der Waals surface area contributed by atoms with Gasteiger partial charge in [0.05, 0.1) is 10.7 Å². The Morgan fingerprint density at radius 3 is 2.87 bits per heavy atom. The number of aryl methyl sites for hydroxylation is 2. The molecule has 1 amide bonds. The Bertz CT molecular complexity index is 1000. The standard InChI is InChI=1S/C23H26ClN5O/c1-16-5-3-13-28(20(16)11-9-19-8-7-18(24)15-25-19)23(30)22-21(10-6-17(2)27-22)29-14-4-12-26-29/h4,6-8,10,12,14-16,20H,3,5,9,11,13H2,1-2H3/t16-,20-/m1/s1. The zero-order valence-electron chi connectivity index (χ0n) is 17.3. The molecular weight excluding hydrogens is 398 g/mol. The third kappa shape index (κ3) is 4.38. The molecule has 1 saturated heterocycles. The van der Waals surface area contributed by atoms with Crippen LogP contribution < -0.4 is 0 Å². The minimum Gasteiger partial charge on any atom is -0.334 e. The first-order chi connectivity index (χ1) is 14.5. The highest BCUT2D eigenvalue weighted by Crippen LogP contribution is 2.29. The van der Waals surface area contributed by atoms with Crippen molar-refractivity contribution in [1.29, 1.82) is 0 Å². The van der Waals surface area contributed by atoms with E-state index < -0.39 is 0 Å². The first-order valence-electron chi connectivity index (χ1n) is 10.4. The van der Waals surface area contributed by atoms with Gasteiger partial charge in [-0.25, -0.2) is 9.67 Å². The predicted octanol–water partition coefficient (Wildman–Crippen LogP) is 4.50. The van der Waals surface area contributed by atoms with E-state index in [0.29, 0.717) is 22.3 Å². The van der Waals surface area contributed by atoms with Crippen molar-refractivity contribution in [3.8, 4) is 5.69 Å². The van der Waals surface area contributed by atoms with Gasteiger partial charge in [0.2, 0.25) is 0 Å². The molecule has 0 aromatic carbocycles. The van der Waals surface area contributed by atoms with Gasteiger partial charge in [-0.05, 0) is 68.9 Å². The molecule has 1 fully saturated rings. The van der Waals surface area contributed by atoms with E-state index in [0.717, 1.165) is 43.6 Å². The molecule has 0 spiro atoms. The number of halogens is 1. The Morgan fingerprint density at radius 2 is 2.13 bits per heavy atom. The van der Waals surface area contributed by atoms with Gasteiger partial charge in [-0.15, -0.1) is 0 Å². The Labute approximate surface area is 181 Å². The lowest BCUT2D eigenvalue weighted by molar-refractivity contribution is 0.0493. The number of hydrogen-bond acceptors (Lipinski definition) is 4. The number of aromatic nitrogens is 4. The number of carbonyl (C=O) groups is 1. The van der Waals surface area contributed by atoms with Gasteiger partial charge in [0.15, 0.2) is 5.69 Å². The summed E-state index contributed by atoms with van der Waals surface area (Å²) in [7, 11) is 0. The molecule has 3 aromatic heterocycles. The molecule has 3 aromatic rings. The molecular formula is C23H26ClN5O. The minimum absolute atomic E-state index is 0.0233. The number of carbonyl (C=O) groups excluding carboxylic acids is 1. The first-order valence-corrected chi connectivity index (χ1v) is 10.8. The summed E-state index contributed by atoms with van der Waals surface area (Å²) in [6.07, 6.45) is 9.02. The average Bonchev–Trinajstić information content (AvgIpc) is 3.28. The van der Waals surface area contributed by atoms with Crippen LogP contribution in [0.5, 0.6) is 0 Å². The highest BCUT2D eigenvalue weighted by atomic mass is 35.5. The topological polar surface area (TPSA) is 63.9 Å². The van der Waals surface area contributed by atoms with E-state index in [2.05, 4.69) is 22.0 Å². The molecule has 0 saturated carbocycles. The number of likely N-dealkylation sites (tertiary alicyclic amines) is 1. The molecule has 2 atom stereocenters. The van der Waals surface area contributed by atoms with Gasteiger partial charge < -0.3 is 4.90 Å². The van der Waals surface area contributed by atoms with Crippen LogP contribution in [-0.2, 0) is 6.42 Å². The van der Waals surface area contributed by atoms with E-state index in [9.17, 15) is 4.79 Å². The van der Waals surface area contributed by atoms with Crippen LogP contribution in [0.1, 0.15) is 48.1 Å². The van der Waals surface area contributed by atoms with E-state index in [1.165, 1.54) is 0 Å². The summed E-state index contributed by atoms with van der Waals surface area (Å²) in [5.74, 6) is 0.401. The van der Waals surface area contributed by atoms with Crippen molar-refractivity contribution in [3.63, 3.8) is 0 Å². The van der Waals surface area contributed by atoms with Crippen molar-refractivity contribution in [2.24, 2.45) is 5.92 Å². The monoisotopic (exact) mass is 423 g/mol. The molecule has 0 N–H and O–H groups in total. The number of amides is 1.